The summed E-state index contributed by atoms with van der Waals surface area (Å²) < 4.78 is 14.0. The Balaban J connectivity index is 1.34. The van der Waals surface area contributed by atoms with E-state index in [0.717, 1.165) is 57.4 Å². The standard InChI is InChI=1S/C21H23FN4OS/c22-17-6-2-3-7-18(17)26-11-9-25(10-12-26)14-20(27)24-21-16(13-23)15-5-1-4-8-19(15)28-21/h2-3,6-7H,1,4-5,8-12,14H2,(H,24,27)/p+1. The van der Waals surface area contributed by atoms with Gasteiger partial charge in [0.1, 0.15) is 16.9 Å². The molecule has 1 aromatic heterocycles. The number of quaternary nitrogens is 1. The van der Waals surface area contributed by atoms with E-state index < -0.39 is 0 Å². The number of nitrogens with zero attached hydrogens (tertiary/aromatic N) is 2. The number of anilines is 2. The number of nitriles is 1. The van der Waals surface area contributed by atoms with Gasteiger partial charge in [-0.2, -0.15) is 5.26 Å². The van der Waals surface area contributed by atoms with Crippen molar-refractivity contribution in [3.8, 4) is 6.07 Å². The fourth-order valence-electron chi connectivity index (χ4n) is 4.12. The maximum atomic E-state index is 14.0. The first-order chi connectivity index (χ1) is 13.7. The van der Waals surface area contributed by atoms with Gasteiger partial charge in [-0.3, -0.25) is 4.79 Å². The van der Waals surface area contributed by atoms with Crippen LogP contribution in [0.25, 0.3) is 0 Å². The topological polar surface area (TPSA) is 60.6 Å². The number of nitrogens with one attached hydrogen (secondary N) is 2. The predicted octanol–water partition coefficient (Wildman–Crippen LogP) is 1.98. The average Bonchev–Trinajstić information content (AvgIpc) is 3.06. The summed E-state index contributed by atoms with van der Waals surface area (Å²) in [5.41, 5.74) is 2.43. The molecule has 2 N–H and O–H groups in total. The summed E-state index contributed by atoms with van der Waals surface area (Å²) in [6, 6.07) is 9.11. The number of fused-ring (bicyclic) bond motifs is 1. The molecule has 0 atom stereocenters. The molecule has 1 aliphatic carbocycles. The first kappa shape index (κ1) is 18.9. The minimum Gasteiger partial charge on any atom is -0.358 e. The Morgan fingerprint density at radius 2 is 2.00 bits per heavy atom. The molecule has 5 nitrogen and oxygen atoms in total. The van der Waals surface area contributed by atoms with Gasteiger partial charge < -0.3 is 15.1 Å². The molecule has 1 aliphatic heterocycles. The van der Waals surface area contributed by atoms with Crippen LogP contribution in [-0.2, 0) is 17.6 Å². The van der Waals surface area contributed by atoms with E-state index in [1.807, 2.05) is 11.0 Å². The molecule has 7 heteroatoms. The van der Waals surface area contributed by atoms with Crippen LogP contribution < -0.4 is 15.1 Å². The van der Waals surface area contributed by atoms with E-state index in [9.17, 15) is 14.4 Å². The lowest BCUT2D eigenvalue weighted by Crippen LogP contribution is -3.15. The van der Waals surface area contributed by atoms with Crippen molar-refractivity contribution in [2.45, 2.75) is 25.7 Å². The number of thiophene rings is 1. The number of benzene rings is 1. The van der Waals surface area contributed by atoms with Crippen LogP contribution in [0.4, 0.5) is 15.1 Å². The van der Waals surface area contributed by atoms with Gasteiger partial charge in [0.2, 0.25) is 0 Å². The number of halogens is 1. The Morgan fingerprint density at radius 1 is 1.25 bits per heavy atom. The Hall–Kier alpha value is -2.43. The van der Waals surface area contributed by atoms with Gasteiger partial charge in [-0.15, -0.1) is 11.3 Å². The van der Waals surface area contributed by atoms with Gasteiger partial charge in [-0.1, -0.05) is 12.1 Å². The number of piperazine rings is 1. The molecule has 2 heterocycles. The predicted molar refractivity (Wildman–Crippen MR) is 108 cm³/mol. The summed E-state index contributed by atoms with van der Waals surface area (Å²) >= 11 is 1.56. The fraction of sp³-hybridized carbons (Fsp3) is 0.429. The second-order valence-corrected chi connectivity index (χ2v) is 8.55. The molecule has 2 aromatic rings. The number of hydrogen-bond donors (Lipinski definition) is 2. The highest BCUT2D eigenvalue weighted by molar-refractivity contribution is 7.16. The molecule has 4 rings (SSSR count). The first-order valence-electron chi connectivity index (χ1n) is 9.83. The summed E-state index contributed by atoms with van der Waals surface area (Å²) in [4.78, 5) is 17.0. The van der Waals surface area contributed by atoms with E-state index in [1.165, 1.54) is 15.8 Å². The summed E-state index contributed by atoms with van der Waals surface area (Å²) in [5.74, 6) is -0.251. The third kappa shape index (κ3) is 3.89. The van der Waals surface area contributed by atoms with Crippen molar-refractivity contribution >= 4 is 27.9 Å². The molecular formula is C21H24FN4OS+. The van der Waals surface area contributed by atoms with Crippen molar-refractivity contribution in [2.75, 3.05) is 42.9 Å². The number of aryl methyl sites for hydroxylation is 1. The van der Waals surface area contributed by atoms with E-state index in [1.54, 1.807) is 23.5 Å². The monoisotopic (exact) mass is 399 g/mol. The van der Waals surface area contributed by atoms with Crippen LogP contribution in [0.2, 0.25) is 0 Å². The molecule has 28 heavy (non-hydrogen) atoms. The van der Waals surface area contributed by atoms with Crippen LogP contribution in [0, 0.1) is 17.1 Å². The quantitative estimate of drug-likeness (QED) is 0.827. The van der Waals surface area contributed by atoms with Gasteiger partial charge in [0, 0.05) is 4.88 Å². The molecule has 0 saturated carbocycles. The van der Waals surface area contributed by atoms with E-state index in [0.29, 0.717) is 22.8 Å². The molecule has 146 valence electrons. The smallest absolute Gasteiger partial charge is 0.280 e. The SMILES string of the molecule is N#Cc1c(NC(=O)C[NH+]2CCN(c3ccccc3F)CC2)sc2c1CCCC2. The Kier molecular flexibility index (Phi) is 5.60. The lowest BCUT2D eigenvalue weighted by Gasteiger charge is -2.33. The van der Waals surface area contributed by atoms with Crippen molar-refractivity contribution in [1.29, 1.82) is 5.26 Å². The summed E-state index contributed by atoms with van der Waals surface area (Å²) in [5, 5.41) is 13.2. The van der Waals surface area contributed by atoms with Crippen molar-refractivity contribution in [3.63, 3.8) is 0 Å². The normalized spacial score (nSPS) is 17.1. The average molecular weight is 400 g/mol. The Morgan fingerprint density at radius 3 is 2.75 bits per heavy atom. The second kappa shape index (κ2) is 8.29. The lowest BCUT2D eigenvalue weighted by molar-refractivity contribution is -0.892. The fourth-order valence-corrected chi connectivity index (χ4v) is 5.37. The number of rotatable bonds is 4. The molecule has 1 amide bonds. The zero-order chi connectivity index (χ0) is 19.5. The van der Waals surface area contributed by atoms with Crippen LogP contribution in [0.1, 0.15) is 28.8 Å². The summed E-state index contributed by atoms with van der Waals surface area (Å²) in [7, 11) is 0. The molecule has 1 aromatic carbocycles. The maximum Gasteiger partial charge on any atom is 0.280 e. The molecule has 0 unspecified atom stereocenters. The van der Waals surface area contributed by atoms with E-state index in [2.05, 4.69) is 11.4 Å². The highest BCUT2D eigenvalue weighted by Gasteiger charge is 2.26. The van der Waals surface area contributed by atoms with Crippen LogP contribution >= 0.6 is 11.3 Å². The van der Waals surface area contributed by atoms with Crippen molar-refractivity contribution in [2.24, 2.45) is 0 Å². The third-order valence-corrected chi connectivity index (χ3v) is 6.82. The van der Waals surface area contributed by atoms with Crippen LogP contribution in [0.5, 0.6) is 0 Å². The zero-order valence-electron chi connectivity index (χ0n) is 15.8. The molecular weight excluding hydrogens is 375 g/mol. The Labute approximate surface area is 168 Å². The highest BCUT2D eigenvalue weighted by Crippen LogP contribution is 2.37. The molecule has 0 spiro atoms. The lowest BCUT2D eigenvalue weighted by atomic mass is 9.96. The van der Waals surface area contributed by atoms with Crippen LogP contribution in [-0.4, -0.2) is 38.6 Å². The largest absolute Gasteiger partial charge is 0.358 e. The molecule has 0 radical (unpaired) electrons. The minimum atomic E-state index is -0.200. The molecule has 0 bridgehead atoms. The molecule has 1 fully saturated rings. The van der Waals surface area contributed by atoms with Gasteiger partial charge in [0.05, 0.1) is 37.4 Å². The molecule has 2 aliphatic rings. The van der Waals surface area contributed by atoms with Gasteiger partial charge in [0.25, 0.3) is 5.91 Å². The number of para-hydroxylation sites is 1. The summed E-state index contributed by atoms with van der Waals surface area (Å²) in [6.07, 6.45) is 4.21. The molecule has 1 saturated heterocycles. The minimum absolute atomic E-state index is 0.0514. The van der Waals surface area contributed by atoms with Crippen molar-refractivity contribution in [3.05, 3.63) is 46.1 Å². The van der Waals surface area contributed by atoms with E-state index in [-0.39, 0.29) is 11.7 Å². The third-order valence-electron chi connectivity index (χ3n) is 5.61. The van der Waals surface area contributed by atoms with Gasteiger partial charge >= 0.3 is 0 Å². The van der Waals surface area contributed by atoms with E-state index >= 15 is 0 Å². The van der Waals surface area contributed by atoms with E-state index in [4.69, 9.17) is 0 Å². The number of carbonyl (C=O) groups excluding carboxylic acids is 1. The van der Waals surface area contributed by atoms with Gasteiger partial charge in [-0.25, -0.2) is 4.39 Å². The number of hydrogen-bond acceptors (Lipinski definition) is 4. The van der Waals surface area contributed by atoms with Crippen molar-refractivity contribution in [1.82, 2.24) is 0 Å². The highest BCUT2D eigenvalue weighted by atomic mass is 32.1. The van der Waals surface area contributed by atoms with Gasteiger partial charge in [0.15, 0.2) is 6.54 Å². The number of carbonyl (C=O) groups is 1. The number of amides is 1. The first-order valence-corrected chi connectivity index (χ1v) is 10.6. The van der Waals surface area contributed by atoms with Crippen LogP contribution in [0.3, 0.4) is 0 Å². The zero-order valence-corrected chi connectivity index (χ0v) is 16.6. The van der Waals surface area contributed by atoms with Crippen molar-refractivity contribution < 1.29 is 14.1 Å². The summed E-state index contributed by atoms with van der Waals surface area (Å²) in [6.45, 7) is 3.39. The second-order valence-electron chi connectivity index (χ2n) is 7.44. The maximum absolute atomic E-state index is 14.0. The Bertz CT molecular complexity index is 912. The van der Waals surface area contributed by atoms with Crippen LogP contribution in [0.15, 0.2) is 24.3 Å². The van der Waals surface area contributed by atoms with Gasteiger partial charge in [-0.05, 0) is 43.4 Å².